The summed E-state index contributed by atoms with van der Waals surface area (Å²) in [5, 5.41) is 10.8. The van der Waals surface area contributed by atoms with Gasteiger partial charge in [-0.1, -0.05) is 19.1 Å². The van der Waals surface area contributed by atoms with Gasteiger partial charge in [0.05, 0.1) is 17.5 Å². The molecule has 1 atom stereocenters. The first kappa shape index (κ1) is 14.2. The molecule has 1 unspecified atom stereocenters. The molecule has 2 rings (SSSR count). The van der Waals surface area contributed by atoms with E-state index >= 15 is 0 Å². The van der Waals surface area contributed by atoms with E-state index in [9.17, 15) is 4.79 Å². The highest BCUT2D eigenvalue weighted by Gasteiger charge is 2.23. The lowest BCUT2D eigenvalue weighted by atomic mass is 9.99. The maximum atomic E-state index is 12.6. The zero-order valence-corrected chi connectivity index (χ0v) is 11.7. The average Bonchev–Trinajstić information content (AvgIpc) is 2.47. The Hall–Kier alpha value is -2.17. The van der Waals surface area contributed by atoms with E-state index in [0.29, 0.717) is 17.2 Å². The van der Waals surface area contributed by atoms with Crippen LogP contribution in [0.3, 0.4) is 0 Å². The third-order valence-electron chi connectivity index (χ3n) is 3.44. The summed E-state index contributed by atoms with van der Waals surface area (Å²) < 4.78 is 0. The predicted octanol–water partition coefficient (Wildman–Crippen LogP) is 2.61. The van der Waals surface area contributed by atoms with Gasteiger partial charge in [0.1, 0.15) is 0 Å². The Kier molecular flexibility index (Phi) is 4.87. The minimum absolute atomic E-state index is 0.0460. The van der Waals surface area contributed by atoms with Gasteiger partial charge < -0.3 is 10.3 Å². The van der Waals surface area contributed by atoms with Crippen LogP contribution in [0.25, 0.3) is 0 Å². The van der Waals surface area contributed by atoms with Crippen LogP contribution >= 0.6 is 0 Å². The van der Waals surface area contributed by atoms with Crippen molar-refractivity contribution in [3.8, 4) is 0 Å². The molecule has 1 aliphatic rings. The first-order valence-electron chi connectivity index (χ1n) is 6.89. The first-order chi connectivity index (χ1) is 9.72. The van der Waals surface area contributed by atoms with Crippen LogP contribution < -0.4 is 5.43 Å². The van der Waals surface area contributed by atoms with E-state index in [0.717, 1.165) is 25.7 Å². The van der Waals surface area contributed by atoms with E-state index in [2.05, 4.69) is 17.5 Å². The van der Waals surface area contributed by atoms with Crippen molar-refractivity contribution in [2.45, 2.75) is 19.8 Å². The Bertz CT molecular complexity index is 512. The summed E-state index contributed by atoms with van der Waals surface area (Å²) in [6, 6.07) is 7.34. The van der Waals surface area contributed by atoms with E-state index in [1.807, 2.05) is 29.2 Å². The zero-order chi connectivity index (χ0) is 14.4. The Morgan fingerprint density at radius 3 is 3.05 bits per heavy atom. The van der Waals surface area contributed by atoms with E-state index in [-0.39, 0.29) is 5.91 Å². The number of amides is 1. The van der Waals surface area contributed by atoms with Crippen LogP contribution in [-0.4, -0.2) is 36.3 Å². The number of nitrogens with zero attached hydrogens (tertiary/aromatic N) is 2. The molecule has 5 heteroatoms. The molecule has 5 nitrogen and oxygen atoms in total. The van der Waals surface area contributed by atoms with Gasteiger partial charge in [-0.15, -0.1) is 0 Å². The molecule has 1 aromatic carbocycles. The van der Waals surface area contributed by atoms with Crippen molar-refractivity contribution in [1.29, 1.82) is 5.41 Å². The van der Waals surface area contributed by atoms with Crippen LogP contribution in [0.2, 0.25) is 0 Å². The summed E-state index contributed by atoms with van der Waals surface area (Å²) in [5.74, 6) is 0.605. The molecular weight excluding hydrogens is 252 g/mol. The van der Waals surface area contributed by atoms with Crippen LogP contribution in [0.4, 0.5) is 5.69 Å². The highest BCUT2D eigenvalue weighted by molar-refractivity contribution is 6.14. The quantitative estimate of drug-likeness (QED) is 0.653. The van der Waals surface area contributed by atoms with E-state index < -0.39 is 0 Å². The molecular formula is C15H20N4O. The molecule has 20 heavy (non-hydrogen) atoms. The summed E-state index contributed by atoms with van der Waals surface area (Å²) in [4.78, 5) is 14.5. The van der Waals surface area contributed by atoms with Crippen LogP contribution in [0.15, 0.2) is 29.4 Å². The number of piperidine rings is 1. The first-order valence-corrected chi connectivity index (χ1v) is 6.89. The largest absolute Gasteiger partial charge is 0.338 e. The van der Waals surface area contributed by atoms with Gasteiger partial charge in [-0.3, -0.25) is 10.2 Å². The second kappa shape index (κ2) is 6.84. The number of para-hydroxylation sites is 1. The maximum Gasteiger partial charge on any atom is 0.256 e. The number of rotatable bonds is 4. The van der Waals surface area contributed by atoms with Gasteiger partial charge in [0.2, 0.25) is 0 Å². The fraction of sp³-hybridized carbons (Fsp3) is 0.400. The molecule has 106 valence electrons. The number of hydrogen-bond acceptors (Lipinski definition) is 4. The third-order valence-corrected chi connectivity index (χ3v) is 3.44. The van der Waals surface area contributed by atoms with Gasteiger partial charge >= 0.3 is 0 Å². The number of hydrogen-bond donors (Lipinski definition) is 2. The van der Waals surface area contributed by atoms with Gasteiger partial charge in [0.25, 0.3) is 5.91 Å². The summed E-state index contributed by atoms with van der Waals surface area (Å²) >= 11 is 0. The molecule has 1 fully saturated rings. The van der Waals surface area contributed by atoms with Crippen molar-refractivity contribution in [2.75, 3.05) is 18.5 Å². The molecule has 1 amide bonds. The van der Waals surface area contributed by atoms with Gasteiger partial charge in [-0.25, -0.2) is 0 Å². The Morgan fingerprint density at radius 1 is 1.50 bits per heavy atom. The standard InChI is InChI=1S/C15H20N4O/c1-12-5-4-10-19(11-12)15(20)13-6-2-3-7-14(13)18-17-9-8-16/h2-3,6-9,12,16,18H,4-5,10-11H2,1H3/b16-8?,17-9-. The molecule has 0 saturated carbocycles. The molecule has 1 saturated heterocycles. The third kappa shape index (κ3) is 3.44. The summed E-state index contributed by atoms with van der Waals surface area (Å²) in [6.45, 7) is 3.82. The smallest absolute Gasteiger partial charge is 0.256 e. The average molecular weight is 272 g/mol. The Morgan fingerprint density at radius 2 is 2.30 bits per heavy atom. The number of nitrogens with one attached hydrogen (secondary N) is 2. The molecule has 2 N–H and O–H groups in total. The predicted molar refractivity (Wildman–Crippen MR) is 81.6 cm³/mol. The Labute approximate surface area is 119 Å². The number of carbonyl (C=O) groups is 1. The molecule has 1 aromatic rings. The number of carbonyl (C=O) groups excluding carboxylic acids is 1. The second-order valence-corrected chi connectivity index (χ2v) is 5.10. The number of likely N-dealkylation sites (tertiary alicyclic amines) is 1. The van der Waals surface area contributed by atoms with E-state index in [1.54, 1.807) is 0 Å². The lowest BCUT2D eigenvalue weighted by molar-refractivity contribution is 0.0684. The number of hydrazone groups is 1. The number of anilines is 1. The maximum absolute atomic E-state index is 12.6. The highest BCUT2D eigenvalue weighted by atomic mass is 16.2. The molecule has 0 aliphatic carbocycles. The normalized spacial score (nSPS) is 19.1. The lowest BCUT2D eigenvalue weighted by Crippen LogP contribution is -2.39. The van der Waals surface area contributed by atoms with Crippen molar-refractivity contribution in [3.63, 3.8) is 0 Å². The van der Waals surface area contributed by atoms with Crippen molar-refractivity contribution < 1.29 is 4.79 Å². The summed E-state index contributed by atoms with van der Waals surface area (Å²) in [6.07, 6.45) is 4.68. The fourth-order valence-electron chi connectivity index (χ4n) is 2.46. The molecule has 0 bridgehead atoms. The molecule has 1 heterocycles. The van der Waals surface area contributed by atoms with Gasteiger partial charge in [-0.05, 0) is 30.9 Å². The Balaban J connectivity index is 2.16. The highest BCUT2D eigenvalue weighted by Crippen LogP contribution is 2.21. The molecule has 0 radical (unpaired) electrons. The fourth-order valence-corrected chi connectivity index (χ4v) is 2.46. The lowest BCUT2D eigenvalue weighted by Gasteiger charge is -2.31. The van der Waals surface area contributed by atoms with E-state index in [1.165, 1.54) is 12.6 Å². The van der Waals surface area contributed by atoms with Gasteiger partial charge in [-0.2, -0.15) is 5.10 Å². The minimum Gasteiger partial charge on any atom is -0.338 e. The molecule has 0 spiro atoms. The number of benzene rings is 1. The molecule has 0 aromatic heterocycles. The summed E-state index contributed by atoms with van der Waals surface area (Å²) in [5.41, 5.74) is 4.12. The van der Waals surface area contributed by atoms with Crippen molar-refractivity contribution in [1.82, 2.24) is 4.90 Å². The van der Waals surface area contributed by atoms with Gasteiger partial charge in [0, 0.05) is 19.3 Å². The van der Waals surface area contributed by atoms with Crippen LogP contribution in [0.5, 0.6) is 0 Å². The van der Waals surface area contributed by atoms with Gasteiger partial charge in [0.15, 0.2) is 0 Å². The van der Waals surface area contributed by atoms with Crippen molar-refractivity contribution >= 4 is 24.0 Å². The zero-order valence-electron chi connectivity index (χ0n) is 11.7. The topological polar surface area (TPSA) is 68.6 Å². The van der Waals surface area contributed by atoms with Crippen LogP contribution in [0.1, 0.15) is 30.1 Å². The van der Waals surface area contributed by atoms with E-state index in [4.69, 9.17) is 5.41 Å². The minimum atomic E-state index is 0.0460. The van der Waals surface area contributed by atoms with Crippen molar-refractivity contribution in [3.05, 3.63) is 29.8 Å². The SMILES string of the molecule is CC1CCCN(C(=O)c2ccccc2N/N=C\C=N)C1. The van der Waals surface area contributed by atoms with Crippen LogP contribution in [0, 0.1) is 11.3 Å². The monoisotopic (exact) mass is 272 g/mol. The molecule has 1 aliphatic heterocycles. The van der Waals surface area contributed by atoms with Crippen molar-refractivity contribution in [2.24, 2.45) is 11.0 Å². The van der Waals surface area contributed by atoms with Crippen LogP contribution in [-0.2, 0) is 0 Å². The summed E-state index contributed by atoms with van der Waals surface area (Å²) in [7, 11) is 0. The second-order valence-electron chi connectivity index (χ2n) is 5.10.